The van der Waals surface area contributed by atoms with Gasteiger partial charge in [-0.25, -0.2) is 4.39 Å². The minimum Gasteiger partial charge on any atom is -0.302 e. The van der Waals surface area contributed by atoms with Gasteiger partial charge in [-0.3, -0.25) is 9.36 Å². The van der Waals surface area contributed by atoms with E-state index in [0.29, 0.717) is 5.56 Å². The Morgan fingerprint density at radius 3 is 2.62 bits per heavy atom. The lowest BCUT2D eigenvalue weighted by Crippen LogP contribution is -2.23. The zero-order valence-electron chi connectivity index (χ0n) is 14.4. The van der Waals surface area contributed by atoms with Crippen molar-refractivity contribution in [1.29, 1.82) is 0 Å². The molecule has 0 radical (unpaired) electrons. The summed E-state index contributed by atoms with van der Waals surface area (Å²) in [7, 11) is 2.10. The van der Waals surface area contributed by atoms with E-state index in [1.165, 1.54) is 29.8 Å². The number of aromatic nitrogens is 1. The van der Waals surface area contributed by atoms with Gasteiger partial charge >= 0.3 is 0 Å². The molecule has 132 valence electrons. The number of carbonyl (C=O) groups is 1. The van der Waals surface area contributed by atoms with E-state index < -0.39 is 0 Å². The first-order chi connectivity index (χ1) is 12.5. The molecule has 1 aliphatic rings. The second-order valence-corrected chi connectivity index (χ2v) is 7.54. The fraction of sp³-hybridized carbons (Fsp3) is 0.190. The highest BCUT2D eigenvalue weighted by Gasteiger charge is 2.19. The normalized spacial score (nSPS) is 15.3. The average molecular weight is 413 g/mol. The summed E-state index contributed by atoms with van der Waals surface area (Å²) in [6.07, 6.45) is 5.10. The molecule has 0 spiro atoms. The number of benzene rings is 2. The van der Waals surface area contributed by atoms with Crippen LogP contribution in [0.2, 0.25) is 0 Å². The molecule has 0 amide bonds. The van der Waals surface area contributed by atoms with Crippen LogP contribution in [0.25, 0.3) is 16.5 Å². The van der Waals surface area contributed by atoms with Gasteiger partial charge in [-0.15, -0.1) is 0 Å². The summed E-state index contributed by atoms with van der Waals surface area (Å²) in [5.74, 6) is -0.508. The number of likely N-dealkylation sites (N-methyl/N-ethyl adjacent to an activating group) is 1. The van der Waals surface area contributed by atoms with E-state index in [4.69, 9.17) is 0 Å². The minimum atomic E-state index is -0.348. The Morgan fingerprint density at radius 2 is 1.92 bits per heavy atom. The van der Waals surface area contributed by atoms with E-state index in [1.807, 2.05) is 24.4 Å². The standard InChI is InChI=1S/C21H18BrFN2O/c1-24-10-8-14(9-11-24)19-13-25(20-12-16(22)4-7-18(19)20)21(26)15-2-5-17(23)6-3-15/h2-8,12-13H,9-11H2,1H3. The summed E-state index contributed by atoms with van der Waals surface area (Å²) in [5, 5.41) is 1.06. The monoisotopic (exact) mass is 412 g/mol. The van der Waals surface area contributed by atoms with Gasteiger partial charge in [0.25, 0.3) is 5.91 Å². The quantitative estimate of drug-likeness (QED) is 0.594. The number of carbonyl (C=O) groups excluding carboxylic acids is 1. The van der Waals surface area contributed by atoms with Crippen LogP contribution < -0.4 is 0 Å². The summed E-state index contributed by atoms with van der Waals surface area (Å²) < 4.78 is 15.8. The molecule has 0 unspecified atom stereocenters. The van der Waals surface area contributed by atoms with Crippen molar-refractivity contribution in [1.82, 2.24) is 9.47 Å². The van der Waals surface area contributed by atoms with Gasteiger partial charge in [-0.1, -0.05) is 28.1 Å². The fourth-order valence-electron chi connectivity index (χ4n) is 3.37. The van der Waals surface area contributed by atoms with Crippen LogP contribution in [0, 0.1) is 5.82 Å². The van der Waals surface area contributed by atoms with Crippen LogP contribution in [-0.2, 0) is 0 Å². The number of halogens is 2. The van der Waals surface area contributed by atoms with Crippen LogP contribution in [-0.4, -0.2) is 35.5 Å². The number of nitrogens with zero attached hydrogens (tertiary/aromatic N) is 2. The van der Waals surface area contributed by atoms with E-state index >= 15 is 0 Å². The summed E-state index contributed by atoms with van der Waals surface area (Å²) in [5.41, 5.74) is 3.67. The molecule has 4 rings (SSSR count). The largest absolute Gasteiger partial charge is 0.302 e. The van der Waals surface area contributed by atoms with E-state index in [1.54, 1.807) is 4.57 Å². The summed E-state index contributed by atoms with van der Waals surface area (Å²) >= 11 is 3.50. The second-order valence-electron chi connectivity index (χ2n) is 6.63. The van der Waals surface area contributed by atoms with Crippen molar-refractivity contribution in [2.75, 3.05) is 20.1 Å². The Kier molecular flexibility index (Phi) is 4.51. The van der Waals surface area contributed by atoms with E-state index in [2.05, 4.69) is 34.0 Å². The van der Waals surface area contributed by atoms with Crippen molar-refractivity contribution in [3.63, 3.8) is 0 Å². The third-order valence-electron chi connectivity index (χ3n) is 4.84. The zero-order chi connectivity index (χ0) is 18.3. The molecule has 0 N–H and O–H groups in total. The molecular formula is C21H18BrFN2O. The summed E-state index contributed by atoms with van der Waals surface area (Å²) in [4.78, 5) is 15.3. The van der Waals surface area contributed by atoms with Crippen molar-refractivity contribution in [2.24, 2.45) is 0 Å². The Balaban J connectivity index is 1.85. The molecule has 0 atom stereocenters. The third kappa shape index (κ3) is 3.13. The Hall–Kier alpha value is -2.24. The van der Waals surface area contributed by atoms with Crippen LogP contribution >= 0.6 is 15.9 Å². The fourth-order valence-corrected chi connectivity index (χ4v) is 3.72. The molecule has 1 aliphatic heterocycles. The van der Waals surface area contributed by atoms with Crippen molar-refractivity contribution in [3.8, 4) is 0 Å². The van der Waals surface area contributed by atoms with Crippen molar-refractivity contribution >= 4 is 38.3 Å². The minimum absolute atomic E-state index is 0.159. The molecule has 2 heterocycles. The van der Waals surface area contributed by atoms with Crippen molar-refractivity contribution in [3.05, 3.63) is 76.2 Å². The maximum absolute atomic E-state index is 13.2. The predicted molar refractivity (Wildman–Crippen MR) is 106 cm³/mol. The van der Waals surface area contributed by atoms with Crippen molar-refractivity contribution < 1.29 is 9.18 Å². The third-order valence-corrected chi connectivity index (χ3v) is 5.33. The highest BCUT2D eigenvalue weighted by atomic mass is 79.9. The molecule has 0 saturated carbocycles. The predicted octanol–water partition coefficient (Wildman–Crippen LogP) is 4.95. The van der Waals surface area contributed by atoms with Gasteiger partial charge in [0.2, 0.25) is 0 Å². The SMILES string of the molecule is CN1CC=C(c2cn(C(=O)c3ccc(F)cc3)c3cc(Br)ccc23)CC1. The molecule has 2 aromatic carbocycles. The topological polar surface area (TPSA) is 25.2 Å². The second kappa shape index (κ2) is 6.82. The maximum atomic E-state index is 13.2. The molecule has 0 saturated heterocycles. The highest BCUT2D eigenvalue weighted by Crippen LogP contribution is 2.32. The first-order valence-electron chi connectivity index (χ1n) is 8.52. The molecule has 3 aromatic rings. The molecule has 1 aromatic heterocycles. The number of rotatable bonds is 2. The van der Waals surface area contributed by atoms with Crippen LogP contribution in [0.3, 0.4) is 0 Å². The molecule has 0 fully saturated rings. The Labute approximate surface area is 159 Å². The smallest absolute Gasteiger partial charge is 0.262 e. The van der Waals surface area contributed by atoms with Gasteiger partial charge in [0, 0.05) is 40.3 Å². The molecule has 0 aliphatic carbocycles. The molecule has 5 heteroatoms. The van der Waals surface area contributed by atoms with Crippen LogP contribution in [0.4, 0.5) is 4.39 Å². The van der Waals surface area contributed by atoms with Gasteiger partial charge in [0.1, 0.15) is 5.82 Å². The average Bonchev–Trinajstić information content (AvgIpc) is 3.01. The molecule has 26 heavy (non-hydrogen) atoms. The molecule has 0 bridgehead atoms. The van der Waals surface area contributed by atoms with Crippen molar-refractivity contribution in [2.45, 2.75) is 6.42 Å². The Morgan fingerprint density at radius 1 is 1.15 bits per heavy atom. The lowest BCUT2D eigenvalue weighted by atomic mass is 9.99. The lowest BCUT2D eigenvalue weighted by Gasteiger charge is -2.21. The van der Waals surface area contributed by atoms with E-state index in [0.717, 1.165) is 40.4 Å². The summed E-state index contributed by atoms with van der Waals surface area (Å²) in [6.45, 7) is 1.91. The molecule has 3 nitrogen and oxygen atoms in total. The van der Waals surface area contributed by atoms with E-state index in [-0.39, 0.29) is 11.7 Å². The van der Waals surface area contributed by atoms with Gasteiger partial charge in [0.05, 0.1) is 5.52 Å². The maximum Gasteiger partial charge on any atom is 0.262 e. The summed E-state index contributed by atoms with van der Waals surface area (Å²) in [6, 6.07) is 11.7. The van der Waals surface area contributed by atoms with Gasteiger partial charge < -0.3 is 4.90 Å². The lowest BCUT2D eigenvalue weighted by molar-refractivity contribution is 0.0965. The Bertz CT molecular complexity index is 1020. The van der Waals surface area contributed by atoms with E-state index in [9.17, 15) is 9.18 Å². The van der Waals surface area contributed by atoms with Crippen LogP contribution in [0.1, 0.15) is 22.3 Å². The van der Waals surface area contributed by atoms with Crippen LogP contribution in [0.5, 0.6) is 0 Å². The first kappa shape index (κ1) is 17.2. The van der Waals surface area contributed by atoms with Gasteiger partial charge in [-0.05, 0) is 55.4 Å². The van der Waals surface area contributed by atoms with Gasteiger partial charge in [0.15, 0.2) is 0 Å². The molecular weight excluding hydrogens is 395 g/mol. The number of hydrogen-bond acceptors (Lipinski definition) is 2. The first-order valence-corrected chi connectivity index (χ1v) is 9.31. The zero-order valence-corrected chi connectivity index (χ0v) is 16.0. The number of fused-ring (bicyclic) bond motifs is 1. The highest BCUT2D eigenvalue weighted by molar-refractivity contribution is 9.10. The van der Waals surface area contributed by atoms with Gasteiger partial charge in [-0.2, -0.15) is 0 Å². The number of hydrogen-bond donors (Lipinski definition) is 0. The van der Waals surface area contributed by atoms with Crippen LogP contribution in [0.15, 0.2) is 59.2 Å².